The zero-order valence-corrected chi connectivity index (χ0v) is 11.3. The number of hydrogen-bond acceptors (Lipinski definition) is 2. The minimum atomic E-state index is -0.00231. The number of carbonyl (C=O) groups is 2. The molecule has 4 heteroatoms. The summed E-state index contributed by atoms with van der Waals surface area (Å²) in [7, 11) is 0. The van der Waals surface area contributed by atoms with E-state index < -0.39 is 0 Å². The van der Waals surface area contributed by atoms with Crippen molar-refractivity contribution in [3.05, 3.63) is 32.4 Å². The Kier molecular flexibility index (Phi) is 4.25. The fourth-order valence-corrected chi connectivity index (χ4v) is 2.33. The highest BCUT2D eigenvalue weighted by Gasteiger charge is 2.11. The summed E-state index contributed by atoms with van der Waals surface area (Å²) in [6.07, 6.45) is 0.774. The first-order valence-corrected chi connectivity index (χ1v) is 6.14. The van der Waals surface area contributed by atoms with E-state index in [0.717, 1.165) is 15.4 Å². The topological polar surface area (TPSA) is 34.1 Å². The van der Waals surface area contributed by atoms with Gasteiger partial charge in [-0.3, -0.25) is 9.59 Å². The van der Waals surface area contributed by atoms with Gasteiger partial charge in [-0.05, 0) is 47.2 Å². The van der Waals surface area contributed by atoms with E-state index in [1.807, 2.05) is 13.0 Å². The zero-order valence-electron chi connectivity index (χ0n) is 7.51. The molecular weight excluding hydrogens is 359 g/mol. The lowest BCUT2D eigenvalue weighted by Gasteiger charge is -2.05. The summed E-state index contributed by atoms with van der Waals surface area (Å²) in [5, 5.41) is 0.282. The Morgan fingerprint density at radius 1 is 1.57 bits per heavy atom. The average Bonchev–Trinajstić information content (AvgIpc) is 2.17. The minimum absolute atomic E-state index is 0.00231. The van der Waals surface area contributed by atoms with Gasteiger partial charge in [0.25, 0.3) is 0 Å². The van der Waals surface area contributed by atoms with Gasteiger partial charge < -0.3 is 0 Å². The second kappa shape index (κ2) is 5.02. The predicted octanol–water partition coefficient (Wildman–Crippen LogP) is 2.99. The van der Waals surface area contributed by atoms with Crippen molar-refractivity contribution in [2.75, 3.05) is 5.33 Å². The van der Waals surface area contributed by atoms with E-state index in [-0.39, 0.29) is 11.1 Å². The Morgan fingerprint density at radius 2 is 2.21 bits per heavy atom. The SMILES string of the molecule is Cc1cc(I)c(C(=O)CBr)cc1C=O. The minimum Gasteiger partial charge on any atom is -0.298 e. The summed E-state index contributed by atoms with van der Waals surface area (Å²) < 4.78 is 0.884. The number of benzene rings is 1. The highest BCUT2D eigenvalue weighted by Crippen LogP contribution is 2.18. The molecular formula is C10H8BrIO2. The number of aldehydes is 1. The van der Waals surface area contributed by atoms with Crippen LogP contribution in [0.25, 0.3) is 0 Å². The zero-order chi connectivity index (χ0) is 10.7. The third-order valence-electron chi connectivity index (χ3n) is 1.90. The Bertz CT molecular complexity index is 388. The number of halogens is 2. The van der Waals surface area contributed by atoms with E-state index >= 15 is 0 Å². The number of carbonyl (C=O) groups excluding carboxylic acids is 2. The number of aryl methyl sites for hydroxylation is 1. The predicted molar refractivity (Wildman–Crippen MR) is 67.4 cm³/mol. The molecule has 14 heavy (non-hydrogen) atoms. The van der Waals surface area contributed by atoms with Crippen LogP contribution in [0.1, 0.15) is 26.3 Å². The van der Waals surface area contributed by atoms with Crippen LogP contribution in [0.4, 0.5) is 0 Å². The lowest BCUT2D eigenvalue weighted by molar-refractivity contribution is 0.102. The number of rotatable bonds is 3. The van der Waals surface area contributed by atoms with Crippen molar-refractivity contribution in [3.63, 3.8) is 0 Å². The summed E-state index contributed by atoms with van der Waals surface area (Å²) in [5.74, 6) is -0.00231. The van der Waals surface area contributed by atoms with Crippen LogP contribution >= 0.6 is 38.5 Å². The van der Waals surface area contributed by atoms with Crippen LogP contribution < -0.4 is 0 Å². The van der Waals surface area contributed by atoms with E-state index in [9.17, 15) is 9.59 Å². The molecule has 0 aromatic heterocycles. The molecule has 0 radical (unpaired) electrons. The molecule has 0 aliphatic carbocycles. The highest BCUT2D eigenvalue weighted by molar-refractivity contribution is 14.1. The van der Waals surface area contributed by atoms with Crippen molar-refractivity contribution in [2.45, 2.75) is 6.92 Å². The lowest BCUT2D eigenvalue weighted by Crippen LogP contribution is -2.04. The third-order valence-corrected chi connectivity index (χ3v) is 3.31. The lowest BCUT2D eigenvalue weighted by atomic mass is 10.0. The number of alkyl halides is 1. The molecule has 1 aromatic rings. The van der Waals surface area contributed by atoms with Crippen LogP contribution in [0.2, 0.25) is 0 Å². The van der Waals surface area contributed by atoms with Crippen molar-refractivity contribution in [2.24, 2.45) is 0 Å². The normalized spacial score (nSPS) is 9.93. The fraction of sp³-hybridized carbons (Fsp3) is 0.200. The molecule has 1 rings (SSSR count). The molecule has 0 heterocycles. The largest absolute Gasteiger partial charge is 0.298 e. The molecule has 0 saturated heterocycles. The van der Waals surface area contributed by atoms with Crippen molar-refractivity contribution < 1.29 is 9.59 Å². The van der Waals surface area contributed by atoms with Gasteiger partial charge in [0, 0.05) is 14.7 Å². The van der Waals surface area contributed by atoms with Crippen molar-refractivity contribution in [1.82, 2.24) is 0 Å². The van der Waals surface area contributed by atoms with Crippen LogP contribution in [-0.2, 0) is 0 Å². The van der Waals surface area contributed by atoms with E-state index in [0.29, 0.717) is 11.1 Å². The van der Waals surface area contributed by atoms with Crippen LogP contribution in [0.5, 0.6) is 0 Å². The van der Waals surface area contributed by atoms with Gasteiger partial charge in [0.05, 0.1) is 5.33 Å². The molecule has 0 unspecified atom stereocenters. The first-order valence-electron chi connectivity index (χ1n) is 3.94. The standard InChI is InChI=1S/C10H8BrIO2/c1-6-2-9(12)8(10(14)4-11)3-7(6)5-13/h2-3,5H,4H2,1H3. The van der Waals surface area contributed by atoms with Crippen molar-refractivity contribution >= 4 is 50.6 Å². The molecule has 0 N–H and O–H groups in total. The van der Waals surface area contributed by atoms with E-state index in [2.05, 4.69) is 38.5 Å². The molecule has 0 amide bonds. The van der Waals surface area contributed by atoms with Crippen LogP contribution in [-0.4, -0.2) is 17.4 Å². The van der Waals surface area contributed by atoms with Gasteiger partial charge >= 0.3 is 0 Å². The maximum absolute atomic E-state index is 11.4. The molecule has 1 aromatic carbocycles. The summed E-state index contributed by atoms with van der Waals surface area (Å²) in [4.78, 5) is 22.1. The molecule has 0 aliphatic heterocycles. The molecule has 74 valence electrons. The van der Waals surface area contributed by atoms with Gasteiger partial charge in [0.2, 0.25) is 0 Å². The van der Waals surface area contributed by atoms with Gasteiger partial charge in [-0.1, -0.05) is 15.9 Å². The third kappa shape index (κ3) is 2.42. The van der Waals surface area contributed by atoms with Crippen LogP contribution in [0.3, 0.4) is 0 Å². The summed E-state index contributed by atoms with van der Waals surface area (Å²) in [6.45, 7) is 1.86. The Balaban J connectivity index is 3.30. The van der Waals surface area contributed by atoms with Gasteiger partial charge in [0.15, 0.2) is 5.78 Å². The van der Waals surface area contributed by atoms with Crippen LogP contribution in [0.15, 0.2) is 12.1 Å². The van der Waals surface area contributed by atoms with Crippen molar-refractivity contribution in [3.8, 4) is 0 Å². The van der Waals surface area contributed by atoms with E-state index in [1.54, 1.807) is 6.07 Å². The quantitative estimate of drug-likeness (QED) is 0.356. The molecule has 0 saturated carbocycles. The van der Waals surface area contributed by atoms with Gasteiger partial charge in [-0.25, -0.2) is 0 Å². The average molecular weight is 367 g/mol. The summed E-state index contributed by atoms with van der Waals surface area (Å²) >= 11 is 5.21. The van der Waals surface area contributed by atoms with E-state index in [1.165, 1.54) is 0 Å². The summed E-state index contributed by atoms with van der Waals surface area (Å²) in [6, 6.07) is 3.49. The second-order valence-corrected chi connectivity index (χ2v) is 4.59. The molecule has 0 fully saturated rings. The molecule has 0 aliphatic rings. The smallest absolute Gasteiger partial charge is 0.174 e. The second-order valence-electron chi connectivity index (χ2n) is 2.86. The van der Waals surface area contributed by atoms with Crippen LogP contribution in [0, 0.1) is 10.5 Å². The van der Waals surface area contributed by atoms with Gasteiger partial charge in [0.1, 0.15) is 6.29 Å². The molecule has 0 spiro atoms. The maximum Gasteiger partial charge on any atom is 0.174 e. The van der Waals surface area contributed by atoms with Gasteiger partial charge in [-0.2, -0.15) is 0 Å². The first-order chi connectivity index (χ1) is 6.60. The number of ketones is 1. The monoisotopic (exact) mass is 366 g/mol. The molecule has 2 nitrogen and oxygen atoms in total. The number of hydrogen-bond donors (Lipinski definition) is 0. The first kappa shape index (κ1) is 11.8. The Hall–Kier alpha value is -0.230. The van der Waals surface area contributed by atoms with Gasteiger partial charge in [-0.15, -0.1) is 0 Å². The number of Topliss-reactive ketones (excluding diaryl/α,β-unsaturated/α-hetero) is 1. The van der Waals surface area contributed by atoms with Crippen molar-refractivity contribution in [1.29, 1.82) is 0 Å². The highest BCUT2D eigenvalue weighted by atomic mass is 127. The maximum atomic E-state index is 11.4. The Morgan fingerprint density at radius 3 is 2.71 bits per heavy atom. The van der Waals surface area contributed by atoms with E-state index in [4.69, 9.17) is 0 Å². The summed E-state index contributed by atoms with van der Waals surface area (Å²) in [5.41, 5.74) is 2.08. The fourth-order valence-electron chi connectivity index (χ4n) is 1.10. The molecule has 0 bridgehead atoms. The molecule has 0 atom stereocenters. The Labute approximate surface area is 104 Å².